The van der Waals surface area contributed by atoms with Crippen LogP contribution in [-0.4, -0.2) is 14.5 Å². The first kappa shape index (κ1) is 15.9. The molecule has 0 aromatic heterocycles. The maximum absolute atomic E-state index is 12.5. The van der Waals surface area contributed by atoms with Crippen LogP contribution in [0.2, 0.25) is 0 Å². The van der Waals surface area contributed by atoms with Gasteiger partial charge in [0.2, 0.25) is 10.0 Å². The molecule has 1 aliphatic carbocycles. The van der Waals surface area contributed by atoms with Gasteiger partial charge < -0.3 is 5.73 Å². The Kier molecular flexibility index (Phi) is 4.59. The molecule has 0 saturated heterocycles. The van der Waals surface area contributed by atoms with Crippen molar-refractivity contribution >= 4 is 26.0 Å². The molecule has 6 heteroatoms. The predicted molar refractivity (Wildman–Crippen MR) is 83.8 cm³/mol. The molecule has 1 aromatic carbocycles. The molecule has 2 rings (SSSR count). The maximum Gasteiger partial charge on any atom is 0.241 e. The first-order valence-electron chi connectivity index (χ1n) is 6.77. The van der Waals surface area contributed by atoms with Gasteiger partial charge in [-0.1, -0.05) is 26.3 Å². The first-order valence-corrected chi connectivity index (χ1v) is 9.05. The molecule has 3 N–H and O–H groups in total. The van der Waals surface area contributed by atoms with E-state index in [9.17, 15) is 8.42 Å². The molecule has 4 nitrogen and oxygen atoms in total. The quantitative estimate of drug-likeness (QED) is 0.866. The standard InChI is InChI=1S/C14H21BrN2O2S/c1-14(2)7-3-4-13(14)17-20(18,19)12-6-5-10(9-16)8-11(12)15/h5-6,8,13,17H,3-4,7,9,16H2,1-2H3. The lowest BCUT2D eigenvalue weighted by molar-refractivity contribution is 0.313. The van der Waals surface area contributed by atoms with Gasteiger partial charge in [0.1, 0.15) is 0 Å². The second kappa shape index (κ2) is 5.75. The van der Waals surface area contributed by atoms with Crippen LogP contribution >= 0.6 is 15.9 Å². The fourth-order valence-electron chi connectivity index (χ4n) is 2.69. The van der Waals surface area contributed by atoms with Crippen LogP contribution in [0.15, 0.2) is 27.6 Å². The Morgan fingerprint density at radius 3 is 2.65 bits per heavy atom. The van der Waals surface area contributed by atoms with E-state index in [1.54, 1.807) is 18.2 Å². The maximum atomic E-state index is 12.5. The first-order chi connectivity index (χ1) is 9.26. The van der Waals surface area contributed by atoms with Gasteiger partial charge in [-0.05, 0) is 51.9 Å². The van der Waals surface area contributed by atoms with E-state index in [0.29, 0.717) is 11.0 Å². The molecule has 1 atom stereocenters. The zero-order chi connectivity index (χ0) is 15.0. The lowest BCUT2D eigenvalue weighted by atomic mass is 9.88. The third-order valence-corrected chi connectivity index (χ3v) is 6.52. The highest BCUT2D eigenvalue weighted by Crippen LogP contribution is 2.38. The Labute approximate surface area is 129 Å². The van der Waals surface area contributed by atoms with Gasteiger partial charge in [-0.3, -0.25) is 0 Å². The van der Waals surface area contributed by atoms with Gasteiger partial charge in [0, 0.05) is 17.1 Å². The molecule has 0 heterocycles. The zero-order valence-corrected chi connectivity index (χ0v) is 14.2. The summed E-state index contributed by atoms with van der Waals surface area (Å²) in [6, 6.07) is 5.11. The van der Waals surface area contributed by atoms with Crippen molar-refractivity contribution in [3.63, 3.8) is 0 Å². The van der Waals surface area contributed by atoms with Gasteiger partial charge in [0.25, 0.3) is 0 Å². The highest BCUT2D eigenvalue weighted by atomic mass is 79.9. The lowest BCUT2D eigenvalue weighted by Crippen LogP contribution is -2.41. The van der Waals surface area contributed by atoms with Crippen LogP contribution in [0.5, 0.6) is 0 Å². The fraction of sp³-hybridized carbons (Fsp3) is 0.571. The molecule has 1 unspecified atom stereocenters. The van der Waals surface area contributed by atoms with E-state index in [2.05, 4.69) is 34.5 Å². The summed E-state index contributed by atoms with van der Waals surface area (Å²) in [5, 5.41) is 0. The van der Waals surface area contributed by atoms with Gasteiger partial charge in [-0.15, -0.1) is 0 Å². The average molecular weight is 361 g/mol. The van der Waals surface area contributed by atoms with Crippen molar-refractivity contribution in [2.75, 3.05) is 0 Å². The summed E-state index contributed by atoms with van der Waals surface area (Å²) in [6.07, 6.45) is 3.01. The van der Waals surface area contributed by atoms with Crippen LogP contribution < -0.4 is 10.5 Å². The molecule has 20 heavy (non-hydrogen) atoms. The molecule has 0 amide bonds. The monoisotopic (exact) mass is 360 g/mol. The Morgan fingerprint density at radius 2 is 2.15 bits per heavy atom. The van der Waals surface area contributed by atoms with Crippen LogP contribution in [0.1, 0.15) is 38.7 Å². The molecule has 1 aliphatic rings. The predicted octanol–water partition coefficient (Wildman–Crippen LogP) is 2.76. The Hall–Kier alpha value is -0.430. The third kappa shape index (κ3) is 3.24. The van der Waals surface area contributed by atoms with E-state index in [0.717, 1.165) is 24.8 Å². The minimum absolute atomic E-state index is 0.00594. The van der Waals surface area contributed by atoms with E-state index in [1.807, 2.05) is 0 Å². The number of nitrogens with one attached hydrogen (secondary N) is 1. The third-order valence-electron chi connectivity index (χ3n) is 4.08. The smallest absolute Gasteiger partial charge is 0.241 e. The molecule has 0 radical (unpaired) electrons. The number of hydrogen-bond donors (Lipinski definition) is 2. The summed E-state index contributed by atoms with van der Waals surface area (Å²) in [6.45, 7) is 4.61. The molecular formula is C14H21BrN2O2S. The molecule has 1 aromatic rings. The van der Waals surface area contributed by atoms with Crippen molar-refractivity contribution < 1.29 is 8.42 Å². The van der Waals surface area contributed by atoms with Gasteiger partial charge in [-0.2, -0.15) is 0 Å². The van der Waals surface area contributed by atoms with Crippen LogP contribution in [0.4, 0.5) is 0 Å². The van der Waals surface area contributed by atoms with E-state index in [1.165, 1.54) is 0 Å². The van der Waals surface area contributed by atoms with Crippen LogP contribution in [0, 0.1) is 5.41 Å². The Morgan fingerprint density at radius 1 is 1.45 bits per heavy atom. The number of benzene rings is 1. The summed E-state index contributed by atoms with van der Waals surface area (Å²) in [5.74, 6) is 0. The van der Waals surface area contributed by atoms with E-state index >= 15 is 0 Å². The van der Waals surface area contributed by atoms with Crippen LogP contribution in [0.3, 0.4) is 0 Å². The van der Waals surface area contributed by atoms with Crippen molar-refractivity contribution in [2.45, 2.75) is 50.6 Å². The minimum atomic E-state index is -3.51. The number of sulfonamides is 1. The van der Waals surface area contributed by atoms with Crippen molar-refractivity contribution in [2.24, 2.45) is 11.1 Å². The second-order valence-electron chi connectivity index (χ2n) is 6.02. The second-order valence-corrected chi connectivity index (χ2v) is 8.56. The molecule has 0 aliphatic heterocycles. The van der Waals surface area contributed by atoms with Gasteiger partial charge in [0.05, 0.1) is 4.90 Å². The van der Waals surface area contributed by atoms with Crippen molar-refractivity contribution in [1.29, 1.82) is 0 Å². The molecule has 112 valence electrons. The summed E-state index contributed by atoms with van der Waals surface area (Å²) in [7, 11) is -3.51. The SMILES string of the molecule is CC1(C)CCCC1NS(=O)(=O)c1ccc(CN)cc1Br. The lowest BCUT2D eigenvalue weighted by Gasteiger charge is -2.27. The van der Waals surface area contributed by atoms with E-state index < -0.39 is 10.0 Å². The topological polar surface area (TPSA) is 72.2 Å². The summed E-state index contributed by atoms with van der Waals surface area (Å²) in [4.78, 5) is 0.275. The molecule has 1 fully saturated rings. The Balaban J connectivity index is 2.27. The fourth-order valence-corrected chi connectivity index (χ4v) is 5.25. The van der Waals surface area contributed by atoms with Crippen molar-refractivity contribution in [3.05, 3.63) is 28.2 Å². The zero-order valence-electron chi connectivity index (χ0n) is 11.8. The number of halogens is 1. The molecular weight excluding hydrogens is 340 g/mol. The van der Waals surface area contributed by atoms with Gasteiger partial charge in [0.15, 0.2) is 0 Å². The van der Waals surface area contributed by atoms with Gasteiger partial charge >= 0.3 is 0 Å². The number of rotatable bonds is 4. The molecule has 1 saturated carbocycles. The highest BCUT2D eigenvalue weighted by Gasteiger charge is 2.37. The minimum Gasteiger partial charge on any atom is -0.326 e. The highest BCUT2D eigenvalue weighted by molar-refractivity contribution is 9.10. The van der Waals surface area contributed by atoms with Crippen molar-refractivity contribution in [3.8, 4) is 0 Å². The van der Waals surface area contributed by atoms with Crippen LogP contribution in [-0.2, 0) is 16.6 Å². The summed E-state index contributed by atoms with van der Waals surface area (Å²) >= 11 is 3.33. The molecule has 0 spiro atoms. The summed E-state index contributed by atoms with van der Waals surface area (Å²) < 4.78 is 28.5. The normalized spacial score (nSPS) is 22.1. The molecule has 0 bridgehead atoms. The van der Waals surface area contributed by atoms with Crippen molar-refractivity contribution in [1.82, 2.24) is 4.72 Å². The van der Waals surface area contributed by atoms with Crippen LogP contribution in [0.25, 0.3) is 0 Å². The van der Waals surface area contributed by atoms with Gasteiger partial charge in [-0.25, -0.2) is 13.1 Å². The van der Waals surface area contributed by atoms with E-state index in [4.69, 9.17) is 5.73 Å². The largest absolute Gasteiger partial charge is 0.326 e. The summed E-state index contributed by atoms with van der Waals surface area (Å²) in [5.41, 5.74) is 6.47. The average Bonchev–Trinajstić information content (AvgIpc) is 2.67. The number of hydrogen-bond acceptors (Lipinski definition) is 3. The number of nitrogens with two attached hydrogens (primary N) is 1. The Bertz CT molecular complexity index is 599. The van der Waals surface area contributed by atoms with E-state index in [-0.39, 0.29) is 16.4 Å².